The lowest BCUT2D eigenvalue weighted by Crippen LogP contribution is -2.36. The summed E-state index contributed by atoms with van der Waals surface area (Å²) in [5.74, 6) is 1.63. The zero-order valence-corrected chi connectivity index (χ0v) is 19.5. The molecule has 1 heterocycles. The van der Waals surface area contributed by atoms with Crippen molar-refractivity contribution in [3.8, 4) is 5.75 Å². The van der Waals surface area contributed by atoms with E-state index in [0.717, 1.165) is 34.5 Å². The van der Waals surface area contributed by atoms with Crippen LogP contribution >= 0.6 is 35.3 Å². The van der Waals surface area contributed by atoms with Crippen LogP contribution < -0.4 is 15.4 Å². The van der Waals surface area contributed by atoms with Crippen molar-refractivity contribution in [3.05, 3.63) is 45.4 Å². The largest absolute Gasteiger partial charge is 0.491 e. The minimum Gasteiger partial charge on any atom is -0.491 e. The average Bonchev–Trinajstić information content (AvgIpc) is 2.96. The summed E-state index contributed by atoms with van der Waals surface area (Å²) in [6, 6.07) is 7.98. The maximum atomic E-state index is 5.57. The normalized spacial score (nSPS) is 11.0. The van der Waals surface area contributed by atoms with Crippen LogP contribution in [0.4, 0.5) is 0 Å². The Labute approximate surface area is 182 Å². The molecule has 0 saturated heterocycles. The first-order valence-corrected chi connectivity index (χ1v) is 9.59. The van der Waals surface area contributed by atoms with Crippen LogP contribution in [0.15, 0.2) is 29.3 Å². The van der Waals surface area contributed by atoms with E-state index in [0.29, 0.717) is 26.3 Å². The summed E-state index contributed by atoms with van der Waals surface area (Å²) in [5.41, 5.74) is 2.23. The summed E-state index contributed by atoms with van der Waals surface area (Å²) in [6.45, 7) is 9.42. The Hall–Kier alpha value is -1.39. The van der Waals surface area contributed by atoms with Gasteiger partial charge < -0.3 is 20.1 Å². The number of benzene rings is 1. The molecule has 0 unspecified atom stereocenters. The van der Waals surface area contributed by atoms with Crippen molar-refractivity contribution in [3.63, 3.8) is 0 Å². The molecule has 0 amide bonds. The molecular weight excluding hydrogens is 475 g/mol. The number of nitrogens with one attached hydrogen (secondary N) is 2. The van der Waals surface area contributed by atoms with Crippen LogP contribution in [0.5, 0.6) is 5.75 Å². The van der Waals surface area contributed by atoms with E-state index in [-0.39, 0.29) is 24.0 Å². The molecule has 0 bridgehead atoms. The Morgan fingerprint density at radius 3 is 2.48 bits per heavy atom. The van der Waals surface area contributed by atoms with Crippen molar-refractivity contribution < 1.29 is 9.47 Å². The molecule has 2 aromatic rings. The van der Waals surface area contributed by atoms with E-state index in [2.05, 4.69) is 34.5 Å². The number of aromatic nitrogens is 1. The molecule has 0 aliphatic rings. The van der Waals surface area contributed by atoms with Gasteiger partial charge in [-0.3, -0.25) is 0 Å². The van der Waals surface area contributed by atoms with E-state index >= 15 is 0 Å². The maximum Gasteiger partial charge on any atom is 0.191 e. The Bertz CT molecular complexity index is 685. The van der Waals surface area contributed by atoms with Gasteiger partial charge in [0, 0.05) is 18.5 Å². The second-order valence-corrected chi connectivity index (χ2v) is 7.07. The third kappa shape index (κ3) is 8.44. The van der Waals surface area contributed by atoms with Gasteiger partial charge in [0.1, 0.15) is 17.4 Å². The molecule has 6 nitrogen and oxygen atoms in total. The highest BCUT2D eigenvalue weighted by molar-refractivity contribution is 14.0. The van der Waals surface area contributed by atoms with Gasteiger partial charge in [-0.05, 0) is 38.5 Å². The molecule has 2 rings (SSSR count). The van der Waals surface area contributed by atoms with Gasteiger partial charge in [-0.15, -0.1) is 35.3 Å². The second-order valence-electron chi connectivity index (χ2n) is 5.78. The maximum absolute atomic E-state index is 5.57. The highest BCUT2D eigenvalue weighted by Gasteiger charge is 2.05. The number of aliphatic imine (C=N–C) groups is 1. The lowest BCUT2D eigenvalue weighted by molar-refractivity contribution is 0.146. The lowest BCUT2D eigenvalue weighted by Gasteiger charge is -2.10. The molecule has 0 radical (unpaired) electrons. The van der Waals surface area contributed by atoms with Gasteiger partial charge >= 0.3 is 0 Å². The molecule has 0 atom stereocenters. The summed E-state index contributed by atoms with van der Waals surface area (Å²) in [5, 5.41) is 7.68. The molecule has 1 aromatic heterocycles. The minimum absolute atomic E-state index is 0. The Balaban J connectivity index is 0.00000364. The van der Waals surface area contributed by atoms with Crippen molar-refractivity contribution in [1.82, 2.24) is 15.6 Å². The SMILES string of the molecule is CCNC(=NCc1ccc(OCCOC)cc1)NCc1nc(C)c(C)s1.I. The number of methoxy groups -OCH3 is 1. The molecule has 0 saturated carbocycles. The van der Waals surface area contributed by atoms with E-state index < -0.39 is 0 Å². The van der Waals surface area contributed by atoms with Crippen LogP contribution in [0.2, 0.25) is 0 Å². The van der Waals surface area contributed by atoms with Crippen LogP contribution in [0.1, 0.15) is 28.1 Å². The molecule has 0 aliphatic carbocycles. The second kappa shape index (κ2) is 12.9. The van der Waals surface area contributed by atoms with Gasteiger partial charge in [-0.2, -0.15) is 0 Å². The number of ether oxygens (including phenoxy) is 2. The third-order valence-electron chi connectivity index (χ3n) is 3.72. The Kier molecular flexibility index (Phi) is 11.3. The highest BCUT2D eigenvalue weighted by atomic mass is 127. The fraction of sp³-hybridized carbons (Fsp3) is 0.474. The fourth-order valence-corrected chi connectivity index (χ4v) is 3.09. The van der Waals surface area contributed by atoms with Crippen LogP contribution in [-0.2, 0) is 17.8 Å². The van der Waals surface area contributed by atoms with E-state index in [9.17, 15) is 0 Å². The molecule has 1 aromatic carbocycles. The highest BCUT2D eigenvalue weighted by Crippen LogP contribution is 2.16. The van der Waals surface area contributed by atoms with Gasteiger partial charge in [0.25, 0.3) is 0 Å². The first-order valence-electron chi connectivity index (χ1n) is 8.78. The van der Waals surface area contributed by atoms with E-state index in [1.807, 2.05) is 31.2 Å². The number of rotatable bonds is 9. The first-order chi connectivity index (χ1) is 12.6. The molecule has 8 heteroatoms. The fourth-order valence-electron chi connectivity index (χ4n) is 2.22. The quantitative estimate of drug-likeness (QED) is 0.236. The minimum atomic E-state index is 0. The summed E-state index contributed by atoms with van der Waals surface area (Å²) in [7, 11) is 1.66. The number of hydrogen-bond acceptors (Lipinski definition) is 5. The van der Waals surface area contributed by atoms with Crippen LogP contribution in [0.3, 0.4) is 0 Å². The zero-order chi connectivity index (χ0) is 18.8. The number of guanidine groups is 1. The Morgan fingerprint density at radius 1 is 1.15 bits per heavy atom. The molecule has 0 aliphatic heterocycles. The van der Waals surface area contributed by atoms with Gasteiger partial charge in [-0.1, -0.05) is 12.1 Å². The third-order valence-corrected chi connectivity index (χ3v) is 4.80. The topological polar surface area (TPSA) is 67.8 Å². The van der Waals surface area contributed by atoms with E-state index in [1.165, 1.54) is 4.88 Å². The zero-order valence-electron chi connectivity index (χ0n) is 16.4. The summed E-state index contributed by atoms with van der Waals surface area (Å²) >= 11 is 1.72. The van der Waals surface area contributed by atoms with Crippen molar-refractivity contribution in [2.75, 3.05) is 26.9 Å². The molecule has 150 valence electrons. The van der Waals surface area contributed by atoms with Crippen LogP contribution in [0, 0.1) is 13.8 Å². The summed E-state index contributed by atoms with van der Waals surface area (Å²) < 4.78 is 10.6. The number of hydrogen-bond donors (Lipinski definition) is 2. The standard InChI is InChI=1S/C19H28N4O2S.HI/c1-5-20-19(22-13-18-23-14(2)15(3)26-18)21-12-16-6-8-17(9-7-16)25-11-10-24-4;/h6-9H,5,10-13H2,1-4H3,(H2,20,21,22);1H. The van der Waals surface area contributed by atoms with Crippen molar-refractivity contribution in [2.45, 2.75) is 33.9 Å². The smallest absolute Gasteiger partial charge is 0.191 e. The number of halogens is 1. The summed E-state index contributed by atoms with van der Waals surface area (Å²) in [4.78, 5) is 10.5. The molecular formula is C19H29IN4O2S. The first kappa shape index (κ1) is 23.6. The number of nitrogens with zero attached hydrogens (tertiary/aromatic N) is 2. The number of aryl methyl sites for hydroxylation is 2. The van der Waals surface area contributed by atoms with E-state index in [1.54, 1.807) is 18.4 Å². The molecule has 27 heavy (non-hydrogen) atoms. The predicted octanol–water partition coefficient (Wildman–Crippen LogP) is 3.66. The Morgan fingerprint density at radius 2 is 1.89 bits per heavy atom. The number of thiazole rings is 1. The van der Waals surface area contributed by atoms with Crippen molar-refractivity contribution >= 4 is 41.3 Å². The van der Waals surface area contributed by atoms with Crippen LogP contribution in [-0.4, -0.2) is 37.8 Å². The summed E-state index contributed by atoms with van der Waals surface area (Å²) in [6.07, 6.45) is 0. The molecule has 0 spiro atoms. The predicted molar refractivity (Wildman–Crippen MR) is 122 cm³/mol. The monoisotopic (exact) mass is 504 g/mol. The van der Waals surface area contributed by atoms with Gasteiger partial charge in [0.2, 0.25) is 0 Å². The van der Waals surface area contributed by atoms with E-state index in [4.69, 9.17) is 9.47 Å². The van der Waals surface area contributed by atoms with Gasteiger partial charge in [0.05, 0.1) is 25.4 Å². The average molecular weight is 504 g/mol. The van der Waals surface area contributed by atoms with Gasteiger partial charge in [0.15, 0.2) is 5.96 Å². The molecule has 0 fully saturated rings. The van der Waals surface area contributed by atoms with Gasteiger partial charge in [-0.25, -0.2) is 9.98 Å². The van der Waals surface area contributed by atoms with Crippen molar-refractivity contribution in [1.29, 1.82) is 0 Å². The van der Waals surface area contributed by atoms with Crippen LogP contribution in [0.25, 0.3) is 0 Å². The van der Waals surface area contributed by atoms with Crippen molar-refractivity contribution in [2.24, 2.45) is 4.99 Å². The lowest BCUT2D eigenvalue weighted by atomic mass is 10.2. The molecule has 2 N–H and O–H groups in total.